The van der Waals surface area contributed by atoms with Crippen LogP contribution in [0.5, 0.6) is 0 Å². The number of rotatable bonds is 4. The Bertz CT molecular complexity index is 634. The van der Waals surface area contributed by atoms with Gasteiger partial charge in [-0.1, -0.05) is 0 Å². The van der Waals surface area contributed by atoms with Crippen molar-refractivity contribution in [1.29, 1.82) is 0 Å². The Labute approximate surface area is 103 Å². The quantitative estimate of drug-likeness (QED) is 0.850. The molecule has 1 aromatic heterocycles. The maximum Gasteiger partial charge on any atom is 0.316 e. The Morgan fingerprint density at radius 1 is 1.47 bits per heavy atom. The Morgan fingerprint density at radius 3 is 2.94 bits per heavy atom. The molecule has 0 fully saturated rings. The number of nitrogens with zero attached hydrogens (tertiary/aromatic N) is 1. The molecule has 0 saturated heterocycles. The zero-order valence-corrected chi connectivity index (χ0v) is 10.8. The fraction of sp³-hybridized carbons (Fsp3) is 0.300. The topological polar surface area (TPSA) is 86.2 Å². The van der Waals surface area contributed by atoms with E-state index in [4.69, 9.17) is 10.2 Å². The second kappa shape index (κ2) is 4.58. The van der Waals surface area contributed by atoms with Crippen LogP contribution in [-0.4, -0.2) is 31.2 Å². The Balaban J connectivity index is 2.43. The lowest BCUT2D eigenvalue weighted by Crippen LogP contribution is -2.08. The van der Waals surface area contributed by atoms with Crippen LogP contribution in [-0.2, 0) is 9.84 Å². The molecule has 0 spiro atoms. The molecule has 0 amide bonds. The number of thioether (sulfide) groups is 1. The summed E-state index contributed by atoms with van der Waals surface area (Å²) in [5, 5.41) is -0.229. The Hall–Kier alpha value is -1.21. The molecule has 0 atom stereocenters. The number of aromatic nitrogens is 1. The molecular weight excluding hydrogens is 260 g/mol. The van der Waals surface area contributed by atoms with E-state index in [9.17, 15) is 8.42 Å². The van der Waals surface area contributed by atoms with E-state index >= 15 is 0 Å². The largest absolute Gasteiger partial charge is 0.428 e. The van der Waals surface area contributed by atoms with Gasteiger partial charge in [-0.2, -0.15) is 16.7 Å². The maximum atomic E-state index is 11.8. The third-order valence-corrected chi connectivity index (χ3v) is 4.53. The van der Waals surface area contributed by atoms with Crippen molar-refractivity contribution < 1.29 is 12.8 Å². The van der Waals surface area contributed by atoms with Crippen LogP contribution in [0.15, 0.2) is 27.8 Å². The van der Waals surface area contributed by atoms with E-state index in [1.165, 1.54) is 11.8 Å². The minimum Gasteiger partial charge on any atom is -0.428 e. The van der Waals surface area contributed by atoms with Gasteiger partial charge in [0, 0.05) is 17.5 Å². The number of nitrogens with two attached hydrogens (primary N) is 1. The zero-order valence-electron chi connectivity index (χ0n) is 9.21. The highest BCUT2D eigenvalue weighted by Gasteiger charge is 2.21. The summed E-state index contributed by atoms with van der Waals surface area (Å²) in [4.78, 5) is 3.96. The first-order valence-corrected chi connectivity index (χ1v) is 7.95. The fourth-order valence-corrected chi connectivity index (χ4v) is 3.51. The van der Waals surface area contributed by atoms with Crippen LogP contribution in [0.4, 0.5) is 5.69 Å². The van der Waals surface area contributed by atoms with Gasteiger partial charge in [-0.15, -0.1) is 0 Å². The number of sulfone groups is 1. The number of hydrogen-bond acceptors (Lipinski definition) is 6. The Morgan fingerprint density at radius 2 is 2.24 bits per heavy atom. The van der Waals surface area contributed by atoms with Gasteiger partial charge in [0.15, 0.2) is 5.58 Å². The molecule has 5 nitrogen and oxygen atoms in total. The summed E-state index contributed by atoms with van der Waals surface area (Å²) in [7, 11) is -3.44. The van der Waals surface area contributed by atoms with E-state index in [0.717, 1.165) is 0 Å². The summed E-state index contributed by atoms with van der Waals surface area (Å²) in [5.41, 5.74) is 7.00. The number of hydrogen-bond donors (Lipinski definition) is 1. The third kappa shape index (κ3) is 2.55. The average molecular weight is 272 g/mol. The molecule has 2 N–H and O–H groups in total. The van der Waals surface area contributed by atoms with Crippen LogP contribution in [0.25, 0.3) is 11.1 Å². The SMILES string of the molecule is CSCCS(=O)(=O)c1nc2ccc(N)cc2o1. The van der Waals surface area contributed by atoms with E-state index in [1.807, 2.05) is 6.26 Å². The number of benzene rings is 1. The number of fused-ring (bicyclic) bond motifs is 1. The summed E-state index contributed by atoms with van der Waals surface area (Å²) in [6, 6.07) is 4.86. The second-order valence-electron chi connectivity index (χ2n) is 3.52. The highest BCUT2D eigenvalue weighted by atomic mass is 32.2. The van der Waals surface area contributed by atoms with Crippen LogP contribution >= 0.6 is 11.8 Å². The zero-order chi connectivity index (χ0) is 12.5. The van der Waals surface area contributed by atoms with Gasteiger partial charge in [0.1, 0.15) is 5.52 Å². The minimum atomic E-state index is -3.44. The van der Waals surface area contributed by atoms with Crippen molar-refractivity contribution in [1.82, 2.24) is 4.98 Å². The first-order valence-electron chi connectivity index (χ1n) is 4.91. The van der Waals surface area contributed by atoms with E-state index < -0.39 is 9.84 Å². The van der Waals surface area contributed by atoms with Gasteiger partial charge in [-0.3, -0.25) is 0 Å². The monoisotopic (exact) mass is 272 g/mol. The summed E-state index contributed by atoms with van der Waals surface area (Å²) >= 11 is 1.46. The first kappa shape index (κ1) is 12.3. The smallest absolute Gasteiger partial charge is 0.316 e. The fourth-order valence-electron chi connectivity index (χ4n) is 1.33. The molecule has 0 saturated carbocycles. The molecule has 0 radical (unpaired) electrons. The van der Waals surface area contributed by atoms with E-state index in [-0.39, 0.29) is 11.0 Å². The van der Waals surface area contributed by atoms with Gasteiger partial charge in [-0.25, -0.2) is 8.42 Å². The van der Waals surface area contributed by atoms with Crippen molar-refractivity contribution in [2.75, 3.05) is 23.5 Å². The first-order chi connectivity index (χ1) is 8.03. The lowest BCUT2D eigenvalue weighted by molar-refractivity contribution is 0.459. The normalized spacial score (nSPS) is 12.1. The van der Waals surface area contributed by atoms with Crippen LogP contribution in [0.3, 0.4) is 0 Å². The highest BCUT2D eigenvalue weighted by molar-refractivity contribution is 8.00. The van der Waals surface area contributed by atoms with Crippen LogP contribution in [0, 0.1) is 0 Å². The van der Waals surface area contributed by atoms with Crippen molar-refractivity contribution in [3.8, 4) is 0 Å². The van der Waals surface area contributed by atoms with Gasteiger partial charge in [0.25, 0.3) is 0 Å². The van der Waals surface area contributed by atoms with Crippen molar-refractivity contribution in [2.24, 2.45) is 0 Å². The predicted octanol–water partition coefficient (Wildman–Crippen LogP) is 1.55. The number of oxazole rings is 1. The van der Waals surface area contributed by atoms with Crippen molar-refractivity contribution in [3.63, 3.8) is 0 Å². The lowest BCUT2D eigenvalue weighted by atomic mass is 10.3. The van der Waals surface area contributed by atoms with E-state index in [0.29, 0.717) is 22.5 Å². The third-order valence-electron chi connectivity index (χ3n) is 2.22. The number of nitrogen functional groups attached to an aromatic ring is 1. The van der Waals surface area contributed by atoms with Gasteiger partial charge >= 0.3 is 5.22 Å². The Kier molecular flexibility index (Phi) is 3.30. The summed E-state index contributed by atoms with van der Waals surface area (Å²) in [6.07, 6.45) is 1.85. The van der Waals surface area contributed by atoms with Gasteiger partial charge in [-0.05, 0) is 18.4 Å². The van der Waals surface area contributed by atoms with Crippen molar-refractivity contribution in [3.05, 3.63) is 18.2 Å². The molecule has 0 aliphatic rings. The molecule has 17 heavy (non-hydrogen) atoms. The molecule has 0 unspecified atom stereocenters. The van der Waals surface area contributed by atoms with Crippen LogP contribution < -0.4 is 5.73 Å². The molecular formula is C10H12N2O3S2. The molecule has 0 bridgehead atoms. The molecule has 0 aliphatic carbocycles. The summed E-state index contributed by atoms with van der Waals surface area (Å²) in [5.74, 6) is 0.541. The summed E-state index contributed by atoms with van der Waals surface area (Å²) in [6.45, 7) is 0. The van der Waals surface area contributed by atoms with Crippen LogP contribution in [0.2, 0.25) is 0 Å². The highest BCUT2D eigenvalue weighted by Crippen LogP contribution is 2.21. The van der Waals surface area contributed by atoms with Crippen LogP contribution in [0.1, 0.15) is 0 Å². The van der Waals surface area contributed by atoms with Crippen molar-refractivity contribution in [2.45, 2.75) is 5.22 Å². The minimum absolute atomic E-state index is 0.0243. The molecule has 2 aromatic rings. The second-order valence-corrected chi connectivity index (χ2v) is 6.49. The van der Waals surface area contributed by atoms with Gasteiger partial charge in [0.2, 0.25) is 9.84 Å². The lowest BCUT2D eigenvalue weighted by Gasteiger charge is -1.96. The summed E-state index contributed by atoms with van der Waals surface area (Å²) < 4.78 is 28.9. The predicted molar refractivity (Wildman–Crippen MR) is 68.9 cm³/mol. The van der Waals surface area contributed by atoms with E-state index in [2.05, 4.69) is 4.98 Å². The maximum absolute atomic E-state index is 11.8. The van der Waals surface area contributed by atoms with Crippen molar-refractivity contribution >= 4 is 38.4 Å². The molecule has 2 rings (SSSR count). The molecule has 0 aliphatic heterocycles. The number of anilines is 1. The standard InChI is InChI=1S/C10H12N2O3S2/c1-16-4-5-17(13,14)10-12-8-3-2-7(11)6-9(8)15-10/h2-3,6H,4-5,11H2,1H3. The van der Waals surface area contributed by atoms with Gasteiger partial charge in [0.05, 0.1) is 5.75 Å². The molecule has 1 aromatic carbocycles. The average Bonchev–Trinajstić information content (AvgIpc) is 2.70. The molecule has 92 valence electrons. The molecule has 7 heteroatoms. The molecule has 1 heterocycles. The van der Waals surface area contributed by atoms with Gasteiger partial charge < -0.3 is 10.2 Å². The van der Waals surface area contributed by atoms with E-state index in [1.54, 1.807) is 18.2 Å².